The number of hydrogen-bond acceptors (Lipinski definition) is 3. The SMILES string of the molecule is CC(C)(C)NC(=O)OC1(c2ccc(I)cn2)CCC1. The zero-order valence-corrected chi connectivity index (χ0v) is 13.7. The Morgan fingerprint density at radius 1 is 1.42 bits per heavy atom. The maximum Gasteiger partial charge on any atom is 0.408 e. The number of rotatable bonds is 2. The van der Waals surface area contributed by atoms with Crippen LogP contribution in [0.1, 0.15) is 45.7 Å². The summed E-state index contributed by atoms with van der Waals surface area (Å²) in [6.07, 6.45) is 4.20. The summed E-state index contributed by atoms with van der Waals surface area (Å²) in [5, 5.41) is 2.83. The number of ether oxygens (including phenoxy) is 1. The summed E-state index contributed by atoms with van der Waals surface area (Å²) < 4.78 is 6.74. The van der Waals surface area contributed by atoms with Crippen LogP contribution in [0.2, 0.25) is 0 Å². The highest BCUT2D eigenvalue weighted by atomic mass is 127. The predicted molar refractivity (Wildman–Crippen MR) is 81.9 cm³/mol. The first kappa shape index (κ1) is 14.6. The monoisotopic (exact) mass is 374 g/mol. The van der Waals surface area contributed by atoms with Gasteiger partial charge in [-0.2, -0.15) is 0 Å². The second-order valence-corrected chi connectivity index (χ2v) is 7.22. The second-order valence-electron chi connectivity index (χ2n) is 5.97. The number of amides is 1. The van der Waals surface area contributed by atoms with E-state index in [0.29, 0.717) is 0 Å². The Morgan fingerprint density at radius 3 is 2.53 bits per heavy atom. The predicted octanol–water partition coefficient (Wildman–Crippen LogP) is 3.59. The molecule has 1 aliphatic rings. The van der Waals surface area contributed by atoms with Gasteiger partial charge in [0.1, 0.15) is 0 Å². The van der Waals surface area contributed by atoms with E-state index in [2.05, 4.69) is 32.9 Å². The summed E-state index contributed by atoms with van der Waals surface area (Å²) in [4.78, 5) is 16.4. The normalized spacial score (nSPS) is 17.5. The molecule has 19 heavy (non-hydrogen) atoms. The van der Waals surface area contributed by atoms with Gasteiger partial charge in [0.05, 0.1) is 5.69 Å². The molecule has 1 aliphatic carbocycles. The number of hydrogen-bond donors (Lipinski definition) is 1. The second kappa shape index (κ2) is 5.26. The molecule has 0 atom stereocenters. The summed E-state index contributed by atoms with van der Waals surface area (Å²) in [6, 6.07) is 3.94. The number of carbonyl (C=O) groups is 1. The summed E-state index contributed by atoms with van der Waals surface area (Å²) in [5.74, 6) is 0. The van der Waals surface area contributed by atoms with Crippen molar-refractivity contribution in [3.8, 4) is 0 Å². The van der Waals surface area contributed by atoms with E-state index in [9.17, 15) is 4.79 Å². The van der Waals surface area contributed by atoms with Crippen molar-refractivity contribution in [1.29, 1.82) is 0 Å². The molecule has 0 spiro atoms. The van der Waals surface area contributed by atoms with E-state index < -0.39 is 5.60 Å². The molecule has 1 fully saturated rings. The maximum absolute atomic E-state index is 11.9. The minimum absolute atomic E-state index is 0.290. The van der Waals surface area contributed by atoms with Gasteiger partial charge < -0.3 is 10.1 Å². The molecule has 4 nitrogen and oxygen atoms in total. The lowest BCUT2D eigenvalue weighted by Crippen LogP contribution is -2.47. The van der Waals surface area contributed by atoms with E-state index in [4.69, 9.17) is 4.74 Å². The first-order valence-electron chi connectivity index (χ1n) is 6.44. The smallest absolute Gasteiger partial charge is 0.408 e. The van der Waals surface area contributed by atoms with Gasteiger partial charge in [-0.3, -0.25) is 4.98 Å². The first-order chi connectivity index (χ1) is 8.81. The van der Waals surface area contributed by atoms with Gasteiger partial charge in [-0.1, -0.05) is 0 Å². The zero-order valence-electron chi connectivity index (χ0n) is 11.5. The van der Waals surface area contributed by atoms with E-state index >= 15 is 0 Å². The molecule has 5 heteroatoms. The summed E-state index contributed by atoms with van der Waals surface area (Å²) in [6.45, 7) is 5.81. The van der Waals surface area contributed by atoms with Crippen molar-refractivity contribution in [2.45, 2.75) is 51.2 Å². The topological polar surface area (TPSA) is 51.2 Å². The van der Waals surface area contributed by atoms with E-state index in [1.807, 2.05) is 32.9 Å². The highest BCUT2D eigenvalue weighted by Gasteiger charge is 2.44. The van der Waals surface area contributed by atoms with Gasteiger partial charge in [-0.05, 0) is 74.8 Å². The molecule has 1 aromatic rings. The maximum atomic E-state index is 11.9. The third kappa shape index (κ3) is 3.58. The Balaban J connectivity index is 2.11. The van der Waals surface area contributed by atoms with Gasteiger partial charge in [0.15, 0.2) is 5.60 Å². The number of aromatic nitrogens is 1. The van der Waals surface area contributed by atoms with Gasteiger partial charge in [0.2, 0.25) is 0 Å². The van der Waals surface area contributed by atoms with Crippen LogP contribution < -0.4 is 5.32 Å². The lowest BCUT2D eigenvalue weighted by molar-refractivity contribution is -0.0581. The Kier molecular flexibility index (Phi) is 4.03. The first-order valence-corrected chi connectivity index (χ1v) is 7.52. The van der Waals surface area contributed by atoms with Crippen LogP contribution in [-0.4, -0.2) is 16.6 Å². The van der Waals surface area contributed by atoms with Crippen molar-refractivity contribution in [1.82, 2.24) is 10.3 Å². The van der Waals surface area contributed by atoms with E-state index in [1.54, 1.807) is 6.20 Å². The Morgan fingerprint density at radius 2 is 2.11 bits per heavy atom. The molecule has 0 aliphatic heterocycles. The minimum atomic E-state index is -0.528. The molecular formula is C14H19IN2O2. The molecule has 0 unspecified atom stereocenters. The van der Waals surface area contributed by atoms with Gasteiger partial charge in [-0.15, -0.1) is 0 Å². The number of pyridine rings is 1. The summed E-state index contributed by atoms with van der Waals surface area (Å²) in [7, 11) is 0. The van der Waals surface area contributed by atoms with Crippen molar-refractivity contribution < 1.29 is 9.53 Å². The number of nitrogens with one attached hydrogen (secondary N) is 1. The van der Waals surface area contributed by atoms with Crippen LogP contribution in [0.3, 0.4) is 0 Å². The molecular weight excluding hydrogens is 355 g/mol. The molecule has 104 valence electrons. The molecule has 2 rings (SSSR count). The van der Waals surface area contributed by atoms with Gasteiger partial charge >= 0.3 is 6.09 Å². The highest BCUT2D eigenvalue weighted by Crippen LogP contribution is 2.44. The molecule has 1 saturated carbocycles. The summed E-state index contributed by atoms with van der Waals surface area (Å²) in [5.41, 5.74) is 0.0319. The highest BCUT2D eigenvalue weighted by molar-refractivity contribution is 14.1. The van der Waals surface area contributed by atoms with Gasteiger partial charge in [-0.25, -0.2) is 4.79 Å². The fraction of sp³-hybridized carbons (Fsp3) is 0.571. The van der Waals surface area contributed by atoms with Crippen LogP contribution >= 0.6 is 22.6 Å². The fourth-order valence-electron chi connectivity index (χ4n) is 2.06. The summed E-state index contributed by atoms with van der Waals surface area (Å²) >= 11 is 2.22. The Bertz CT molecular complexity index is 461. The minimum Gasteiger partial charge on any atom is -0.436 e. The Labute approximate surface area is 127 Å². The largest absolute Gasteiger partial charge is 0.436 e. The number of carbonyl (C=O) groups excluding carboxylic acids is 1. The van der Waals surface area contributed by atoms with Crippen LogP contribution in [0.5, 0.6) is 0 Å². The number of alkyl carbamates (subject to hydrolysis) is 1. The molecule has 1 N–H and O–H groups in total. The quantitative estimate of drug-likeness (QED) is 0.805. The molecule has 1 heterocycles. The van der Waals surface area contributed by atoms with Crippen molar-refractivity contribution in [2.24, 2.45) is 0 Å². The van der Waals surface area contributed by atoms with Crippen LogP contribution in [0.25, 0.3) is 0 Å². The Hall–Kier alpha value is -0.850. The number of halogens is 1. The molecule has 1 aromatic heterocycles. The van der Waals surface area contributed by atoms with Crippen LogP contribution in [0.4, 0.5) is 4.79 Å². The molecule has 0 saturated heterocycles. The molecule has 0 radical (unpaired) electrons. The van der Waals surface area contributed by atoms with Crippen molar-refractivity contribution in [2.75, 3.05) is 0 Å². The fourth-order valence-corrected chi connectivity index (χ4v) is 2.38. The van der Waals surface area contributed by atoms with Crippen molar-refractivity contribution >= 4 is 28.7 Å². The molecule has 1 amide bonds. The van der Waals surface area contributed by atoms with E-state index in [0.717, 1.165) is 28.5 Å². The standard InChI is InChI=1S/C14H19IN2O2/c1-13(2,3)17-12(18)19-14(7-4-8-14)11-6-5-10(15)9-16-11/h5-6,9H,4,7-8H2,1-3H3,(H,17,18). The third-order valence-corrected chi connectivity index (χ3v) is 3.76. The lowest BCUT2D eigenvalue weighted by atomic mass is 9.77. The zero-order chi connectivity index (χ0) is 14.1. The average Bonchev–Trinajstić information content (AvgIpc) is 2.22. The van der Waals surface area contributed by atoms with Gasteiger partial charge in [0.25, 0.3) is 0 Å². The van der Waals surface area contributed by atoms with Crippen LogP contribution in [0, 0.1) is 3.57 Å². The molecule has 0 bridgehead atoms. The number of nitrogens with zero attached hydrogens (tertiary/aromatic N) is 1. The van der Waals surface area contributed by atoms with Crippen molar-refractivity contribution in [3.63, 3.8) is 0 Å². The van der Waals surface area contributed by atoms with Crippen LogP contribution in [0.15, 0.2) is 18.3 Å². The lowest BCUT2D eigenvalue weighted by Gasteiger charge is -2.40. The van der Waals surface area contributed by atoms with E-state index in [-0.39, 0.29) is 11.6 Å². The third-order valence-electron chi connectivity index (χ3n) is 3.12. The average molecular weight is 374 g/mol. The molecule has 0 aromatic carbocycles. The van der Waals surface area contributed by atoms with Gasteiger partial charge in [0, 0.05) is 15.3 Å². The van der Waals surface area contributed by atoms with Crippen molar-refractivity contribution in [3.05, 3.63) is 27.6 Å². The van der Waals surface area contributed by atoms with E-state index in [1.165, 1.54) is 0 Å². The van der Waals surface area contributed by atoms with Crippen LogP contribution in [-0.2, 0) is 10.3 Å².